The Balaban J connectivity index is 2.04. The summed E-state index contributed by atoms with van der Waals surface area (Å²) in [4.78, 5) is 17.9. The SMILES string of the molecule is C#CCOC1CCC(N(C(=O)OC(C)(C)C)C2CCC(N=[N+]=[N-])CC2)CC1. The Bertz CT molecular complexity index is 573. The molecule has 0 aromatic rings. The fraction of sp³-hybridized carbons (Fsp3) is 0.850. The van der Waals surface area contributed by atoms with Gasteiger partial charge in [0.2, 0.25) is 0 Å². The highest BCUT2D eigenvalue weighted by Gasteiger charge is 2.37. The van der Waals surface area contributed by atoms with Crippen LogP contribution in [-0.4, -0.2) is 47.4 Å². The van der Waals surface area contributed by atoms with Crippen LogP contribution in [0.2, 0.25) is 0 Å². The maximum absolute atomic E-state index is 13.0. The third-order valence-electron chi connectivity index (χ3n) is 5.32. The lowest BCUT2D eigenvalue weighted by Gasteiger charge is -2.43. The van der Waals surface area contributed by atoms with Crippen molar-refractivity contribution >= 4 is 6.09 Å². The van der Waals surface area contributed by atoms with Gasteiger partial charge in [0.1, 0.15) is 12.2 Å². The summed E-state index contributed by atoms with van der Waals surface area (Å²) in [5.41, 5.74) is 8.13. The van der Waals surface area contributed by atoms with Crippen molar-refractivity contribution in [3.8, 4) is 12.3 Å². The number of terminal acetylenes is 1. The summed E-state index contributed by atoms with van der Waals surface area (Å²) in [5, 5.41) is 3.85. The van der Waals surface area contributed by atoms with Crippen LogP contribution in [0.15, 0.2) is 5.11 Å². The quantitative estimate of drug-likeness (QED) is 0.299. The van der Waals surface area contributed by atoms with Gasteiger partial charge in [0, 0.05) is 23.0 Å². The van der Waals surface area contributed by atoms with Crippen molar-refractivity contribution in [2.45, 2.75) is 102 Å². The number of rotatable bonds is 5. The van der Waals surface area contributed by atoms with Gasteiger partial charge in [-0.3, -0.25) is 0 Å². The van der Waals surface area contributed by atoms with Crippen LogP contribution in [0.25, 0.3) is 10.4 Å². The molecule has 2 saturated carbocycles. The van der Waals surface area contributed by atoms with Gasteiger partial charge in [-0.2, -0.15) is 0 Å². The number of carbonyl (C=O) groups excluding carboxylic acids is 1. The second kappa shape index (κ2) is 9.87. The topological polar surface area (TPSA) is 87.5 Å². The van der Waals surface area contributed by atoms with Crippen LogP contribution in [0.3, 0.4) is 0 Å². The Kier molecular flexibility index (Phi) is 7.82. The molecule has 0 heterocycles. The molecule has 2 aliphatic rings. The third kappa shape index (κ3) is 6.64. The molecule has 27 heavy (non-hydrogen) atoms. The Labute approximate surface area is 162 Å². The van der Waals surface area contributed by atoms with Crippen molar-refractivity contribution in [1.29, 1.82) is 0 Å². The molecule has 0 spiro atoms. The highest BCUT2D eigenvalue weighted by atomic mass is 16.6. The fourth-order valence-electron chi connectivity index (χ4n) is 4.09. The van der Waals surface area contributed by atoms with Crippen LogP contribution in [-0.2, 0) is 9.47 Å². The summed E-state index contributed by atoms with van der Waals surface area (Å²) in [5.74, 6) is 2.52. The first kappa shape index (κ1) is 21.4. The van der Waals surface area contributed by atoms with E-state index >= 15 is 0 Å². The predicted molar refractivity (Wildman–Crippen MR) is 104 cm³/mol. The Morgan fingerprint density at radius 1 is 1.15 bits per heavy atom. The first-order chi connectivity index (χ1) is 12.8. The first-order valence-corrected chi connectivity index (χ1v) is 9.94. The average molecular weight is 377 g/mol. The first-order valence-electron chi connectivity index (χ1n) is 9.94. The lowest BCUT2D eigenvalue weighted by molar-refractivity contribution is -0.0205. The Morgan fingerprint density at radius 3 is 2.19 bits per heavy atom. The Hall–Kier alpha value is -1.90. The number of hydrogen-bond acceptors (Lipinski definition) is 4. The molecule has 0 aromatic heterocycles. The van der Waals surface area contributed by atoms with Crippen LogP contribution in [0.4, 0.5) is 4.79 Å². The van der Waals surface area contributed by atoms with Crippen molar-refractivity contribution in [1.82, 2.24) is 4.90 Å². The van der Waals surface area contributed by atoms with Gasteiger partial charge in [0.15, 0.2) is 0 Å². The number of azide groups is 1. The molecule has 0 saturated heterocycles. The zero-order chi connectivity index (χ0) is 19.9. The molecular weight excluding hydrogens is 344 g/mol. The minimum atomic E-state index is -0.523. The van der Waals surface area contributed by atoms with E-state index < -0.39 is 5.60 Å². The molecule has 2 rings (SSSR count). The van der Waals surface area contributed by atoms with Gasteiger partial charge in [-0.1, -0.05) is 11.0 Å². The zero-order valence-corrected chi connectivity index (χ0v) is 16.8. The molecule has 1 amide bonds. The largest absolute Gasteiger partial charge is 0.444 e. The summed E-state index contributed by atoms with van der Waals surface area (Å²) < 4.78 is 11.4. The average Bonchev–Trinajstić information content (AvgIpc) is 2.61. The van der Waals surface area contributed by atoms with Crippen molar-refractivity contribution in [2.75, 3.05) is 6.61 Å². The monoisotopic (exact) mass is 376 g/mol. The van der Waals surface area contributed by atoms with Crippen molar-refractivity contribution in [3.63, 3.8) is 0 Å². The van der Waals surface area contributed by atoms with E-state index in [2.05, 4.69) is 15.9 Å². The zero-order valence-electron chi connectivity index (χ0n) is 16.8. The van der Waals surface area contributed by atoms with E-state index in [-0.39, 0.29) is 30.3 Å². The van der Waals surface area contributed by atoms with E-state index in [0.717, 1.165) is 51.4 Å². The fourth-order valence-corrected chi connectivity index (χ4v) is 4.09. The number of nitrogens with zero attached hydrogens (tertiary/aromatic N) is 4. The van der Waals surface area contributed by atoms with Crippen LogP contribution in [0, 0.1) is 12.3 Å². The molecule has 0 aliphatic heterocycles. The number of carbonyl (C=O) groups is 1. The van der Waals surface area contributed by atoms with Crippen LogP contribution >= 0.6 is 0 Å². The smallest absolute Gasteiger partial charge is 0.410 e. The Morgan fingerprint density at radius 2 is 1.70 bits per heavy atom. The summed E-state index contributed by atoms with van der Waals surface area (Å²) in [6, 6.07) is 0.337. The third-order valence-corrected chi connectivity index (χ3v) is 5.32. The van der Waals surface area contributed by atoms with Gasteiger partial charge >= 0.3 is 6.09 Å². The normalized spacial score (nSPS) is 28.5. The molecule has 0 N–H and O–H groups in total. The van der Waals surface area contributed by atoms with E-state index in [1.807, 2.05) is 25.7 Å². The second-order valence-electron chi connectivity index (χ2n) is 8.50. The molecule has 0 radical (unpaired) electrons. The van der Waals surface area contributed by atoms with Crippen LogP contribution in [0.5, 0.6) is 0 Å². The lowest BCUT2D eigenvalue weighted by Crippen LogP contribution is -2.52. The molecular formula is C20H32N4O3. The minimum Gasteiger partial charge on any atom is -0.444 e. The van der Waals surface area contributed by atoms with E-state index in [9.17, 15) is 4.79 Å². The highest BCUT2D eigenvalue weighted by molar-refractivity contribution is 5.69. The molecule has 0 aromatic carbocycles. The molecule has 2 aliphatic carbocycles. The summed E-state index contributed by atoms with van der Waals surface area (Å²) >= 11 is 0. The molecule has 2 fully saturated rings. The van der Waals surface area contributed by atoms with Gasteiger partial charge in [0.25, 0.3) is 0 Å². The minimum absolute atomic E-state index is 0.0413. The van der Waals surface area contributed by atoms with Gasteiger partial charge in [-0.15, -0.1) is 6.42 Å². The van der Waals surface area contributed by atoms with Gasteiger partial charge in [0.05, 0.1) is 6.10 Å². The summed E-state index contributed by atoms with van der Waals surface area (Å²) in [7, 11) is 0. The predicted octanol–water partition coefficient (Wildman–Crippen LogP) is 4.81. The summed E-state index contributed by atoms with van der Waals surface area (Å²) in [6.07, 6.45) is 12.1. The van der Waals surface area contributed by atoms with Gasteiger partial charge in [-0.25, -0.2) is 4.79 Å². The standard InChI is InChI=1S/C20H32N4O3/c1-5-14-26-18-12-10-17(11-13-18)24(19(25)27-20(2,3)4)16-8-6-15(7-9-16)22-23-21/h1,15-18H,6-14H2,2-4H3. The number of ether oxygens (including phenoxy) is 2. The summed E-state index contributed by atoms with van der Waals surface area (Å²) in [6.45, 7) is 6.03. The van der Waals surface area contributed by atoms with Crippen LogP contribution in [0.1, 0.15) is 72.1 Å². The van der Waals surface area contributed by atoms with Gasteiger partial charge in [-0.05, 0) is 77.7 Å². The molecule has 150 valence electrons. The maximum atomic E-state index is 13.0. The molecule has 0 atom stereocenters. The molecule has 0 unspecified atom stereocenters. The number of amides is 1. The van der Waals surface area contributed by atoms with Crippen LogP contribution < -0.4 is 0 Å². The molecule has 7 heteroatoms. The van der Waals surface area contributed by atoms with E-state index in [1.165, 1.54) is 0 Å². The molecule has 7 nitrogen and oxygen atoms in total. The van der Waals surface area contributed by atoms with Crippen molar-refractivity contribution in [2.24, 2.45) is 5.11 Å². The van der Waals surface area contributed by atoms with Crippen molar-refractivity contribution in [3.05, 3.63) is 10.4 Å². The molecule has 0 bridgehead atoms. The highest BCUT2D eigenvalue weighted by Crippen LogP contribution is 2.33. The lowest BCUT2D eigenvalue weighted by atomic mass is 9.86. The second-order valence-corrected chi connectivity index (χ2v) is 8.50. The number of hydrogen-bond donors (Lipinski definition) is 0. The van der Waals surface area contributed by atoms with E-state index in [0.29, 0.717) is 6.61 Å². The van der Waals surface area contributed by atoms with Gasteiger partial charge < -0.3 is 14.4 Å². The van der Waals surface area contributed by atoms with E-state index in [4.69, 9.17) is 21.4 Å². The van der Waals surface area contributed by atoms with Crippen molar-refractivity contribution < 1.29 is 14.3 Å². The van der Waals surface area contributed by atoms with E-state index in [1.54, 1.807) is 0 Å². The maximum Gasteiger partial charge on any atom is 0.410 e.